The molecule has 214 valence electrons. The summed E-state index contributed by atoms with van der Waals surface area (Å²) in [5.74, 6) is -0.000429. The maximum absolute atomic E-state index is 13.9. The largest absolute Gasteiger partial charge is 0.369 e. The van der Waals surface area contributed by atoms with Crippen LogP contribution in [0.2, 0.25) is 0 Å². The number of hydrogen-bond donors (Lipinski definition) is 0. The van der Waals surface area contributed by atoms with E-state index in [1.165, 1.54) is 32.1 Å². The number of hydrogen-bond acceptors (Lipinski definition) is 4. The first kappa shape index (κ1) is 30.0. The molecule has 1 amide bonds. The van der Waals surface area contributed by atoms with Crippen molar-refractivity contribution in [1.82, 2.24) is 4.90 Å². The molecule has 5 heteroatoms. The van der Waals surface area contributed by atoms with Gasteiger partial charge in [0.05, 0.1) is 19.8 Å². The number of ether oxygens (including phenoxy) is 3. The van der Waals surface area contributed by atoms with Gasteiger partial charge in [-0.2, -0.15) is 0 Å². The van der Waals surface area contributed by atoms with E-state index in [9.17, 15) is 4.79 Å². The summed E-state index contributed by atoms with van der Waals surface area (Å²) in [6.45, 7) is 4.67. The summed E-state index contributed by atoms with van der Waals surface area (Å²) in [5, 5.41) is 0. The van der Waals surface area contributed by atoms with Crippen LogP contribution in [0.25, 0.3) is 0 Å². The van der Waals surface area contributed by atoms with E-state index in [-0.39, 0.29) is 12.0 Å². The van der Waals surface area contributed by atoms with Crippen LogP contribution in [0.15, 0.2) is 91.0 Å². The molecule has 3 aromatic rings. The highest BCUT2D eigenvalue weighted by Gasteiger charge is 2.45. The molecule has 0 aliphatic carbocycles. The van der Waals surface area contributed by atoms with Crippen molar-refractivity contribution in [2.75, 3.05) is 13.1 Å². The van der Waals surface area contributed by atoms with Crippen LogP contribution in [0.3, 0.4) is 0 Å². The number of carbonyl (C=O) groups is 1. The average molecular weight is 544 g/mol. The molecule has 0 bridgehead atoms. The zero-order valence-electron chi connectivity index (χ0n) is 24.0. The van der Waals surface area contributed by atoms with Crippen LogP contribution in [-0.4, -0.2) is 42.2 Å². The molecule has 0 aromatic heterocycles. The number of piperidine rings is 1. The minimum atomic E-state index is -0.733. The monoisotopic (exact) mass is 543 g/mol. The zero-order chi connectivity index (χ0) is 27.8. The number of unbranched alkanes of at least 4 members (excludes halogenated alkanes) is 6. The Balaban J connectivity index is 1.48. The summed E-state index contributed by atoms with van der Waals surface area (Å²) < 4.78 is 19.3. The highest BCUT2D eigenvalue weighted by Crippen LogP contribution is 2.26. The van der Waals surface area contributed by atoms with Crippen LogP contribution < -0.4 is 0 Å². The second-order valence-corrected chi connectivity index (χ2v) is 10.7. The maximum atomic E-state index is 13.9. The van der Waals surface area contributed by atoms with Crippen molar-refractivity contribution >= 4 is 5.91 Å². The smallest absolute Gasteiger partial charge is 0.254 e. The Hall–Kier alpha value is -2.99. The Labute approximate surface area is 240 Å². The van der Waals surface area contributed by atoms with Crippen molar-refractivity contribution in [3.05, 3.63) is 108 Å². The topological polar surface area (TPSA) is 48.0 Å². The average Bonchev–Trinajstić information content (AvgIpc) is 3.00. The van der Waals surface area contributed by atoms with Gasteiger partial charge in [-0.1, -0.05) is 136 Å². The van der Waals surface area contributed by atoms with Crippen LogP contribution in [0, 0.1) is 0 Å². The molecule has 0 unspecified atom stereocenters. The van der Waals surface area contributed by atoms with E-state index < -0.39 is 12.2 Å². The molecule has 1 aliphatic rings. The molecule has 40 heavy (non-hydrogen) atoms. The van der Waals surface area contributed by atoms with Crippen LogP contribution in [0.5, 0.6) is 0 Å². The molecule has 0 saturated carbocycles. The quantitative estimate of drug-likeness (QED) is 0.167. The normalized spacial score (nSPS) is 19.2. The van der Waals surface area contributed by atoms with E-state index in [0.29, 0.717) is 32.9 Å². The second-order valence-electron chi connectivity index (χ2n) is 10.7. The highest BCUT2D eigenvalue weighted by atomic mass is 16.6. The minimum Gasteiger partial charge on any atom is -0.369 e. The molecule has 0 N–H and O–H groups in total. The summed E-state index contributed by atoms with van der Waals surface area (Å²) in [6.07, 6.45) is 6.91. The van der Waals surface area contributed by atoms with E-state index in [1.54, 1.807) is 0 Å². The van der Waals surface area contributed by atoms with Crippen molar-refractivity contribution in [2.24, 2.45) is 0 Å². The van der Waals surface area contributed by atoms with Crippen molar-refractivity contribution in [1.29, 1.82) is 0 Å². The Kier molecular flexibility index (Phi) is 12.7. The molecular formula is C35H45NO4. The Morgan fingerprint density at radius 2 is 1.10 bits per heavy atom. The summed E-state index contributed by atoms with van der Waals surface area (Å²) in [7, 11) is 0. The van der Waals surface area contributed by atoms with Gasteiger partial charge in [0.2, 0.25) is 0 Å². The van der Waals surface area contributed by atoms with Gasteiger partial charge in [0.1, 0.15) is 12.2 Å². The predicted octanol–water partition coefficient (Wildman–Crippen LogP) is 7.34. The number of benzene rings is 3. The second kappa shape index (κ2) is 17.0. The fourth-order valence-electron chi connectivity index (χ4n) is 5.20. The molecule has 0 spiro atoms. The minimum absolute atomic E-state index is 0.000429. The van der Waals surface area contributed by atoms with Crippen LogP contribution in [0.1, 0.15) is 68.6 Å². The Morgan fingerprint density at radius 3 is 1.65 bits per heavy atom. The predicted molar refractivity (Wildman–Crippen MR) is 160 cm³/mol. The van der Waals surface area contributed by atoms with E-state index in [4.69, 9.17) is 14.2 Å². The van der Waals surface area contributed by atoms with Crippen molar-refractivity contribution in [3.8, 4) is 0 Å². The lowest BCUT2D eigenvalue weighted by Crippen LogP contribution is -2.61. The van der Waals surface area contributed by atoms with Gasteiger partial charge < -0.3 is 19.1 Å². The van der Waals surface area contributed by atoms with Crippen molar-refractivity contribution in [2.45, 2.75) is 90.0 Å². The fraction of sp³-hybridized carbons (Fsp3) is 0.457. The first-order chi connectivity index (χ1) is 19.7. The lowest BCUT2D eigenvalue weighted by atomic mass is 9.99. The first-order valence-corrected chi connectivity index (χ1v) is 15.0. The molecule has 1 heterocycles. The molecule has 3 atom stereocenters. The third-order valence-corrected chi connectivity index (χ3v) is 7.52. The SMILES string of the molecule is CCCCCCCCCN1C[C@H](OCc2ccccc2)[C@@H](OCc2ccccc2)[C@H](OCc2ccccc2)C1=O. The summed E-state index contributed by atoms with van der Waals surface area (Å²) >= 11 is 0. The van der Waals surface area contributed by atoms with E-state index >= 15 is 0 Å². The molecular weight excluding hydrogens is 498 g/mol. The molecule has 3 aromatic carbocycles. The first-order valence-electron chi connectivity index (χ1n) is 15.0. The van der Waals surface area contributed by atoms with Crippen molar-refractivity contribution in [3.63, 3.8) is 0 Å². The molecule has 4 rings (SSSR count). The molecule has 1 aliphatic heterocycles. The number of amides is 1. The fourth-order valence-corrected chi connectivity index (χ4v) is 5.20. The van der Waals surface area contributed by atoms with E-state index in [1.807, 2.05) is 83.8 Å². The highest BCUT2D eigenvalue weighted by molar-refractivity contribution is 5.82. The Bertz CT molecular complexity index is 1090. The van der Waals surface area contributed by atoms with Gasteiger partial charge >= 0.3 is 0 Å². The van der Waals surface area contributed by atoms with Gasteiger partial charge in [-0.15, -0.1) is 0 Å². The molecule has 1 saturated heterocycles. The molecule has 5 nitrogen and oxygen atoms in total. The number of likely N-dealkylation sites (tertiary alicyclic amines) is 1. The van der Waals surface area contributed by atoms with E-state index in [2.05, 4.69) is 19.1 Å². The van der Waals surface area contributed by atoms with Gasteiger partial charge in [-0.3, -0.25) is 4.79 Å². The van der Waals surface area contributed by atoms with Crippen molar-refractivity contribution < 1.29 is 19.0 Å². The molecule has 1 fully saturated rings. The lowest BCUT2D eigenvalue weighted by Gasteiger charge is -2.42. The van der Waals surface area contributed by atoms with Gasteiger partial charge in [-0.05, 0) is 23.1 Å². The standard InChI is InChI=1S/C35H45NO4/c1-2-3-4-5-6-7-17-24-36-25-32(38-26-29-18-11-8-12-19-29)33(39-27-30-20-13-9-14-21-30)34(35(36)37)40-28-31-22-15-10-16-23-31/h8-16,18-23,32-34H,2-7,17,24-28H2,1H3/t32-,33+,34-/m0/s1. The van der Waals surface area contributed by atoms with Crippen LogP contribution >= 0.6 is 0 Å². The lowest BCUT2D eigenvalue weighted by molar-refractivity contribution is -0.196. The van der Waals surface area contributed by atoms with Gasteiger partial charge in [0.15, 0.2) is 6.10 Å². The summed E-state index contributed by atoms with van der Waals surface area (Å²) in [5.41, 5.74) is 3.19. The molecule has 0 radical (unpaired) electrons. The number of rotatable bonds is 17. The van der Waals surface area contributed by atoms with Crippen LogP contribution in [0.4, 0.5) is 0 Å². The van der Waals surface area contributed by atoms with Crippen LogP contribution in [-0.2, 0) is 38.8 Å². The summed E-state index contributed by atoms with van der Waals surface area (Å²) in [6, 6.07) is 30.2. The van der Waals surface area contributed by atoms with Gasteiger partial charge in [-0.25, -0.2) is 0 Å². The Morgan fingerprint density at radius 1 is 0.625 bits per heavy atom. The third-order valence-electron chi connectivity index (χ3n) is 7.52. The zero-order valence-corrected chi connectivity index (χ0v) is 24.0. The maximum Gasteiger partial charge on any atom is 0.254 e. The van der Waals surface area contributed by atoms with Gasteiger partial charge in [0, 0.05) is 13.1 Å². The third kappa shape index (κ3) is 9.58. The summed E-state index contributed by atoms with van der Waals surface area (Å²) in [4.78, 5) is 15.8. The number of nitrogens with zero attached hydrogens (tertiary/aromatic N) is 1. The van der Waals surface area contributed by atoms with Gasteiger partial charge in [0.25, 0.3) is 5.91 Å². The number of carbonyl (C=O) groups excluding carboxylic acids is 1. The van der Waals surface area contributed by atoms with E-state index in [0.717, 1.165) is 29.5 Å².